The second-order valence-corrected chi connectivity index (χ2v) is 9.50. The molecule has 0 aliphatic carbocycles. The molecule has 3 aromatic rings. The number of anilines is 1. The predicted octanol–water partition coefficient (Wildman–Crippen LogP) is 8.94. The van der Waals surface area contributed by atoms with E-state index in [2.05, 4.69) is 5.32 Å². The molecule has 0 bridgehead atoms. The summed E-state index contributed by atoms with van der Waals surface area (Å²) in [4.78, 5) is 22.4. The maximum absolute atomic E-state index is 12.5. The fraction of sp³-hybridized carbons (Fsp3) is 0.259. The van der Waals surface area contributed by atoms with Crippen LogP contribution in [0, 0.1) is 0 Å². The lowest BCUT2D eigenvalue weighted by molar-refractivity contribution is -0.106. The molecule has 4 nitrogen and oxygen atoms in total. The number of aldehydes is 1. The molecule has 0 saturated heterocycles. The van der Waals surface area contributed by atoms with Crippen molar-refractivity contribution in [2.24, 2.45) is 0 Å². The van der Waals surface area contributed by atoms with E-state index in [1.54, 1.807) is 31.3 Å². The number of rotatable bonds is 5. The van der Waals surface area contributed by atoms with Gasteiger partial charge >= 0.3 is 5.97 Å². The number of thiophene rings is 1. The molecule has 0 spiro atoms. The third-order valence-electron chi connectivity index (χ3n) is 4.09. The molecule has 0 radical (unpaired) electrons. The number of ether oxygens (including phenoxy) is 1. The van der Waals surface area contributed by atoms with E-state index in [-0.39, 0.29) is 12.3 Å². The van der Waals surface area contributed by atoms with Crippen molar-refractivity contribution in [3.63, 3.8) is 0 Å². The van der Waals surface area contributed by atoms with Crippen LogP contribution in [-0.4, -0.2) is 24.9 Å². The highest BCUT2D eigenvalue weighted by Crippen LogP contribution is 2.37. The number of hydrogen-bond acceptors (Lipinski definition) is 5. The molecule has 0 atom stereocenters. The molecular weight excluding hydrogens is 508 g/mol. The summed E-state index contributed by atoms with van der Waals surface area (Å²) in [6, 6.07) is 14.1. The SMILES string of the molecule is CC.CNc1scc(-c2ccc(Cl)cc2)c1C(=O)OC(C)(C)C.O=C/C(F)=C/c1ccccc1Cl. The molecule has 0 aliphatic heterocycles. The van der Waals surface area contributed by atoms with Gasteiger partial charge in [-0.3, -0.25) is 4.79 Å². The molecule has 1 aromatic heterocycles. The van der Waals surface area contributed by atoms with E-state index in [4.69, 9.17) is 27.9 Å². The van der Waals surface area contributed by atoms with Gasteiger partial charge in [-0.05, 0) is 56.2 Å². The average molecular weight is 539 g/mol. The van der Waals surface area contributed by atoms with Crippen molar-refractivity contribution in [3.05, 3.63) is 80.9 Å². The summed E-state index contributed by atoms with van der Waals surface area (Å²) in [6.45, 7) is 9.58. The van der Waals surface area contributed by atoms with Gasteiger partial charge in [0.15, 0.2) is 12.1 Å². The van der Waals surface area contributed by atoms with Gasteiger partial charge in [0.05, 0.1) is 0 Å². The van der Waals surface area contributed by atoms with Crippen LogP contribution in [0.5, 0.6) is 0 Å². The quantitative estimate of drug-likeness (QED) is 0.200. The minimum Gasteiger partial charge on any atom is -0.456 e. The van der Waals surface area contributed by atoms with Gasteiger partial charge in [-0.1, -0.05) is 67.4 Å². The van der Waals surface area contributed by atoms with E-state index in [1.807, 2.05) is 64.3 Å². The van der Waals surface area contributed by atoms with E-state index in [0.29, 0.717) is 21.2 Å². The number of benzene rings is 2. The molecule has 0 unspecified atom stereocenters. The Balaban J connectivity index is 0.000000372. The number of esters is 1. The summed E-state index contributed by atoms with van der Waals surface area (Å²) < 4.78 is 17.9. The standard InChI is InChI=1S/C16H18ClNO2S.C9H6ClFO.C2H6/c1-16(2,3)20-15(19)13-12(9-21-14(13)18-4)10-5-7-11(17)8-6-10;10-9-4-2-1-3-7(9)5-8(11)6-12;1-2/h5-9,18H,1-4H3;1-6H;1-2H3/b;8-5-;. The van der Waals surface area contributed by atoms with Gasteiger partial charge in [-0.25, -0.2) is 9.18 Å². The van der Waals surface area contributed by atoms with Gasteiger partial charge in [0.2, 0.25) is 0 Å². The van der Waals surface area contributed by atoms with Gasteiger partial charge in [0.25, 0.3) is 0 Å². The third kappa shape index (κ3) is 9.84. The summed E-state index contributed by atoms with van der Waals surface area (Å²) in [5, 5.41) is 6.90. The highest BCUT2D eigenvalue weighted by atomic mass is 35.5. The zero-order chi connectivity index (χ0) is 26.6. The maximum atomic E-state index is 12.5. The van der Waals surface area contributed by atoms with Crippen molar-refractivity contribution in [2.45, 2.75) is 40.2 Å². The average Bonchev–Trinajstić information content (AvgIpc) is 3.26. The normalized spacial score (nSPS) is 10.8. The van der Waals surface area contributed by atoms with Crippen LogP contribution in [0.2, 0.25) is 10.0 Å². The number of hydrogen-bond donors (Lipinski definition) is 1. The Morgan fingerprint density at radius 1 is 1.06 bits per heavy atom. The van der Waals surface area contributed by atoms with Crippen LogP contribution in [0.1, 0.15) is 50.5 Å². The van der Waals surface area contributed by atoms with Crippen molar-refractivity contribution in [1.29, 1.82) is 0 Å². The lowest BCUT2D eigenvalue weighted by atomic mass is 10.0. The van der Waals surface area contributed by atoms with Crippen LogP contribution >= 0.6 is 34.5 Å². The Hall–Kier alpha value is -2.67. The molecule has 1 heterocycles. The maximum Gasteiger partial charge on any atom is 0.342 e. The lowest BCUT2D eigenvalue weighted by Gasteiger charge is -2.20. The fourth-order valence-electron chi connectivity index (χ4n) is 2.69. The lowest BCUT2D eigenvalue weighted by Crippen LogP contribution is -2.24. The van der Waals surface area contributed by atoms with Crippen LogP contribution < -0.4 is 5.32 Å². The predicted molar refractivity (Wildman–Crippen MR) is 147 cm³/mol. The van der Waals surface area contributed by atoms with Gasteiger partial charge in [-0.2, -0.15) is 0 Å². The Bertz CT molecular complexity index is 1140. The third-order valence-corrected chi connectivity index (χ3v) is 5.68. The Morgan fingerprint density at radius 3 is 2.17 bits per heavy atom. The van der Waals surface area contributed by atoms with E-state index < -0.39 is 11.4 Å². The van der Waals surface area contributed by atoms with Crippen molar-refractivity contribution < 1.29 is 18.7 Å². The molecule has 2 aromatic carbocycles. The minimum atomic E-state index is -0.830. The first-order chi connectivity index (χ1) is 16.6. The molecule has 1 N–H and O–H groups in total. The Morgan fingerprint density at radius 2 is 1.66 bits per heavy atom. The molecule has 0 aliphatic rings. The minimum absolute atomic E-state index is 0.142. The monoisotopic (exact) mass is 537 g/mol. The molecule has 3 rings (SSSR count). The van der Waals surface area contributed by atoms with E-state index in [1.165, 1.54) is 11.3 Å². The van der Waals surface area contributed by atoms with E-state index in [0.717, 1.165) is 22.2 Å². The van der Waals surface area contributed by atoms with Gasteiger partial charge in [-0.15, -0.1) is 11.3 Å². The first-order valence-corrected chi connectivity index (χ1v) is 12.5. The second kappa shape index (κ2) is 14.7. The zero-order valence-corrected chi connectivity index (χ0v) is 22.9. The van der Waals surface area contributed by atoms with Crippen LogP contribution in [0.15, 0.2) is 59.7 Å². The van der Waals surface area contributed by atoms with Crippen molar-refractivity contribution in [2.75, 3.05) is 12.4 Å². The largest absolute Gasteiger partial charge is 0.456 e. The van der Waals surface area contributed by atoms with E-state index in [9.17, 15) is 14.0 Å². The van der Waals surface area contributed by atoms with Crippen LogP contribution in [0.25, 0.3) is 17.2 Å². The molecule has 0 fully saturated rings. The number of carbonyl (C=O) groups excluding carboxylic acids is 2. The topological polar surface area (TPSA) is 55.4 Å². The number of halogens is 3. The molecule has 188 valence electrons. The Labute approximate surface area is 220 Å². The van der Waals surface area contributed by atoms with Crippen LogP contribution in [-0.2, 0) is 9.53 Å². The van der Waals surface area contributed by atoms with Gasteiger partial charge < -0.3 is 10.1 Å². The summed E-state index contributed by atoms with van der Waals surface area (Å²) in [5.74, 6) is -1.15. The van der Waals surface area contributed by atoms with Gasteiger partial charge in [0.1, 0.15) is 16.2 Å². The van der Waals surface area contributed by atoms with Crippen molar-refractivity contribution in [1.82, 2.24) is 0 Å². The number of allylic oxidation sites excluding steroid dienone is 1. The number of nitrogens with one attached hydrogen (secondary N) is 1. The molecule has 0 amide bonds. The summed E-state index contributed by atoms with van der Waals surface area (Å²) in [6.07, 6.45) is 1.23. The van der Waals surface area contributed by atoms with Crippen molar-refractivity contribution >= 4 is 57.9 Å². The highest BCUT2D eigenvalue weighted by Gasteiger charge is 2.25. The van der Waals surface area contributed by atoms with Crippen LogP contribution in [0.3, 0.4) is 0 Å². The van der Waals surface area contributed by atoms with Gasteiger partial charge in [0, 0.05) is 28.0 Å². The molecule has 35 heavy (non-hydrogen) atoms. The first kappa shape index (κ1) is 30.4. The molecule has 0 saturated carbocycles. The molecular formula is C27H30Cl2FNO3S. The second-order valence-electron chi connectivity index (χ2n) is 7.78. The Kier molecular flexibility index (Phi) is 12.7. The van der Waals surface area contributed by atoms with Crippen LogP contribution in [0.4, 0.5) is 9.39 Å². The summed E-state index contributed by atoms with van der Waals surface area (Å²) >= 11 is 13.1. The highest BCUT2D eigenvalue weighted by molar-refractivity contribution is 7.15. The molecule has 8 heteroatoms. The fourth-order valence-corrected chi connectivity index (χ4v) is 3.93. The smallest absolute Gasteiger partial charge is 0.342 e. The zero-order valence-electron chi connectivity index (χ0n) is 20.6. The van der Waals surface area contributed by atoms with E-state index >= 15 is 0 Å². The summed E-state index contributed by atoms with van der Waals surface area (Å²) in [5.41, 5.74) is 2.35. The summed E-state index contributed by atoms with van der Waals surface area (Å²) in [7, 11) is 1.80. The first-order valence-electron chi connectivity index (χ1n) is 10.9. The van der Waals surface area contributed by atoms with Crippen molar-refractivity contribution in [3.8, 4) is 11.1 Å². The number of carbonyl (C=O) groups is 2.